The summed E-state index contributed by atoms with van der Waals surface area (Å²) in [4.78, 5) is 17.4. The molecule has 0 spiro atoms. The van der Waals surface area contributed by atoms with E-state index in [9.17, 15) is 4.79 Å². The summed E-state index contributed by atoms with van der Waals surface area (Å²) in [5.41, 5.74) is 1.02. The van der Waals surface area contributed by atoms with Crippen LogP contribution in [0.3, 0.4) is 0 Å². The van der Waals surface area contributed by atoms with Crippen LogP contribution in [0.2, 0.25) is 0 Å². The average Bonchev–Trinajstić information content (AvgIpc) is 2.96. The Morgan fingerprint density at radius 1 is 1.53 bits per heavy atom. The maximum atomic E-state index is 11.0. The Bertz CT molecular complexity index is 383. The third kappa shape index (κ3) is 2.66. The number of hydrogen-bond donors (Lipinski definition) is 1. The Hall–Kier alpha value is -1.36. The molecule has 5 nitrogen and oxygen atoms in total. The van der Waals surface area contributed by atoms with Gasteiger partial charge >= 0.3 is 5.97 Å². The lowest BCUT2D eigenvalue weighted by Gasteiger charge is -2.26. The smallest absolute Gasteiger partial charge is 0.305 e. The van der Waals surface area contributed by atoms with Gasteiger partial charge in [-0.25, -0.2) is 4.98 Å². The van der Waals surface area contributed by atoms with E-state index in [4.69, 9.17) is 5.11 Å². The zero-order valence-corrected chi connectivity index (χ0v) is 10.2. The van der Waals surface area contributed by atoms with Crippen LogP contribution in [0.1, 0.15) is 37.9 Å². The second-order valence-electron chi connectivity index (χ2n) is 4.46. The zero-order chi connectivity index (χ0) is 12.3. The highest BCUT2D eigenvalue weighted by Crippen LogP contribution is 2.27. The van der Waals surface area contributed by atoms with Crippen LogP contribution in [0.5, 0.6) is 0 Å². The quantitative estimate of drug-likeness (QED) is 0.843. The van der Waals surface area contributed by atoms with Crippen LogP contribution in [0, 0.1) is 0 Å². The summed E-state index contributed by atoms with van der Waals surface area (Å²) in [5, 5.41) is 9.05. The largest absolute Gasteiger partial charge is 0.481 e. The molecule has 2 heterocycles. The van der Waals surface area contributed by atoms with Crippen molar-refractivity contribution < 1.29 is 9.90 Å². The first-order valence-electron chi connectivity index (χ1n) is 6.18. The number of imidazole rings is 1. The van der Waals surface area contributed by atoms with Gasteiger partial charge < -0.3 is 9.67 Å². The molecule has 1 atom stereocenters. The molecule has 17 heavy (non-hydrogen) atoms. The molecule has 5 heteroatoms. The fourth-order valence-electron chi connectivity index (χ4n) is 2.51. The summed E-state index contributed by atoms with van der Waals surface area (Å²) < 4.78 is 2.03. The molecule has 1 aliphatic heterocycles. The number of aryl methyl sites for hydroxylation is 1. The number of carboxylic acids is 1. The fraction of sp³-hybridized carbons (Fsp3) is 0.667. The summed E-state index contributed by atoms with van der Waals surface area (Å²) in [7, 11) is 0. The van der Waals surface area contributed by atoms with Crippen molar-refractivity contribution >= 4 is 5.97 Å². The molecule has 0 saturated carbocycles. The molecule has 94 valence electrons. The van der Waals surface area contributed by atoms with Crippen molar-refractivity contribution in [1.82, 2.24) is 14.5 Å². The molecule has 1 aromatic rings. The zero-order valence-electron chi connectivity index (χ0n) is 10.2. The van der Waals surface area contributed by atoms with Gasteiger partial charge in [0.15, 0.2) is 0 Å². The molecular weight excluding hydrogens is 218 g/mol. The van der Waals surface area contributed by atoms with E-state index in [1.807, 2.05) is 11.5 Å². The van der Waals surface area contributed by atoms with Crippen LogP contribution < -0.4 is 0 Å². The van der Waals surface area contributed by atoms with Gasteiger partial charge in [-0.2, -0.15) is 0 Å². The number of aliphatic carboxylic acids is 1. The van der Waals surface area contributed by atoms with Crippen LogP contribution >= 0.6 is 0 Å². The summed E-state index contributed by atoms with van der Waals surface area (Å²) in [6.45, 7) is 4.87. The molecule has 2 rings (SSSR count). The molecule has 1 saturated heterocycles. The van der Waals surface area contributed by atoms with Crippen LogP contribution in [-0.2, 0) is 11.3 Å². The third-order valence-corrected chi connectivity index (χ3v) is 3.38. The molecule has 1 unspecified atom stereocenters. The number of rotatable bonds is 5. The van der Waals surface area contributed by atoms with Crippen LogP contribution in [0.4, 0.5) is 0 Å². The van der Waals surface area contributed by atoms with Gasteiger partial charge in [0, 0.05) is 12.7 Å². The normalized spacial score (nSPS) is 18.4. The Morgan fingerprint density at radius 3 is 2.82 bits per heavy atom. The van der Waals surface area contributed by atoms with E-state index < -0.39 is 5.97 Å². The highest BCUT2D eigenvalue weighted by atomic mass is 16.4. The molecule has 0 radical (unpaired) electrons. The SMILES string of the molecule is CCn1cncc1C(CC(=O)O)N1CCCC1. The van der Waals surface area contributed by atoms with Crippen molar-refractivity contribution in [2.24, 2.45) is 0 Å². The van der Waals surface area contributed by atoms with Crippen LogP contribution in [0.15, 0.2) is 12.5 Å². The van der Waals surface area contributed by atoms with Crippen LogP contribution in [0.25, 0.3) is 0 Å². The topological polar surface area (TPSA) is 58.4 Å². The van der Waals surface area contributed by atoms with E-state index in [0.717, 1.165) is 38.2 Å². The van der Waals surface area contributed by atoms with Crippen molar-refractivity contribution in [2.75, 3.05) is 13.1 Å². The number of nitrogens with zero attached hydrogens (tertiary/aromatic N) is 3. The van der Waals surface area contributed by atoms with Gasteiger partial charge in [-0.1, -0.05) is 0 Å². The van der Waals surface area contributed by atoms with E-state index in [0.29, 0.717) is 0 Å². The Balaban J connectivity index is 2.22. The average molecular weight is 237 g/mol. The first kappa shape index (κ1) is 12.1. The molecule has 1 aliphatic rings. The molecular formula is C12H19N3O2. The van der Waals surface area contributed by atoms with Crippen molar-refractivity contribution in [3.05, 3.63) is 18.2 Å². The number of hydrogen-bond acceptors (Lipinski definition) is 3. The number of carbonyl (C=O) groups is 1. The third-order valence-electron chi connectivity index (χ3n) is 3.38. The Morgan fingerprint density at radius 2 is 2.24 bits per heavy atom. The maximum Gasteiger partial charge on any atom is 0.305 e. The minimum atomic E-state index is -0.745. The van der Waals surface area contributed by atoms with Crippen molar-refractivity contribution in [1.29, 1.82) is 0 Å². The minimum absolute atomic E-state index is 0.0301. The Kier molecular flexibility index (Phi) is 3.78. The van der Waals surface area contributed by atoms with Crippen LogP contribution in [-0.4, -0.2) is 38.6 Å². The fourth-order valence-corrected chi connectivity index (χ4v) is 2.51. The van der Waals surface area contributed by atoms with Crippen molar-refractivity contribution in [3.63, 3.8) is 0 Å². The lowest BCUT2D eigenvalue weighted by Crippen LogP contribution is -2.29. The van der Waals surface area contributed by atoms with Gasteiger partial charge in [0.1, 0.15) is 0 Å². The molecule has 1 N–H and O–H groups in total. The molecule has 1 aromatic heterocycles. The lowest BCUT2D eigenvalue weighted by atomic mass is 10.1. The van der Waals surface area contributed by atoms with Gasteiger partial charge in [0.05, 0.1) is 24.5 Å². The second-order valence-corrected chi connectivity index (χ2v) is 4.46. The molecule has 0 amide bonds. The predicted molar refractivity (Wildman–Crippen MR) is 63.7 cm³/mol. The van der Waals surface area contributed by atoms with Gasteiger partial charge in [-0.15, -0.1) is 0 Å². The second kappa shape index (κ2) is 5.31. The number of aromatic nitrogens is 2. The minimum Gasteiger partial charge on any atom is -0.481 e. The summed E-state index contributed by atoms with van der Waals surface area (Å²) in [6.07, 6.45) is 6.06. The van der Waals surface area contributed by atoms with E-state index >= 15 is 0 Å². The molecule has 0 bridgehead atoms. The predicted octanol–water partition coefficient (Wildman–Crippen LogP) is 1.51. The van der Waals surface area contributed by atoms with Gasteiger partial charge in [-0.3, -0.25) is 9.69 Å². The highest BCUT2D eigenvalue weighted by molar-refractivity contribution is 5.67. The first-order chi connectivity index (χ1) is 8.22. The number of likely N-dealkylation sites (tertiary alicyclic amines) is 1. The Labute approximate surface area is 101 Å². The number of carboxylic acid groups (broad SMARTS) is 1. The molecule has 0 aliphatic carbocycles. The van der Waals surface area contributed by atoms with E-state index in [-0.39, 0.29) is 12.5 Å². The van der Waals surface area contributed by atoms with E-state index in [1.54, 1.807) is 12.5 Å². The van der Waals surface area contributed by atoms with Crippen molar-refractivity contribution in [2.45, 2.75) is 38.8 Å². The first-order valence-corrected chi connectivity index (χ1v) is 6.18. The molecule has 1 fully saturated rings. The lowest BCUT2D eigenvalue weighted by molar-refractivity contribution is -0.138. The van der Waals surface area contributed by atoms with Crippen molar-refractivity contribution in [3.8, 4) is 0 Å². The maximum absolute atomic E-state index is 11.0. The summed E-state index contributed by atoms with van der Waals surface area (Å²) >= 11 is 0. The molecule has 0 aromatic carbocycles. The summed E-state index contributed by atoms with van der Waals surface area (Å²) in [6, 6.07) is -0.0301. The highest BCUT2D eigenvalue weighted by Gasteiger charge is 2.27. The van der Waals surface area contributed by atoms with Gasteiger partial charge in [0.2, 0.25) is 0 Å². The summed E-state index contributed by atoms with van der Waals surface area (Å²) in [5.74, 6) is -0.745. The van der Waals surface area contributed by atoms with E-state index in [2.05, 4.69) is 9.88 Å². The van der Waals surface area contributed by atoms with Gasteiger partial charge in [0.25, 0.3) is 0 Å². The van der Waals surface area contributed by atoms with E-state index in [1.165, 1.54) is 0 Å². The van der Waals surface area contributed by atoms with Gasteiger partial charge in [-0.05, 0) is 32.9 Å². The standard InChI is InChI=1S/C12H19N3O2/c1-2-14-9-13-8-11(14)10(7-12(16)17)15-5-3-4-6-15/h8-10H,2-7H2,1H3,(H,16,17). The monoisotopic (exact) mass is 237 g/mol.